The van der Waals surface area contributed by atoms with E-state index in [0.717, 1.165) is 0 Å². The Hall–Kier alpha value is -1.83. The average molecular weight is 396 g/mol. The van der Waals surface area contributed by atoms with Crippen LogP contribution in [0.2, 0.25) is 0 Å². The molecule has 0 aromatic heterocycles. The minimum Gasteiger partial charge on any atom is -0.444 e. The van der Waals surface area contributed by atoms with Gasteiger partial charge in [0.2, 0.25) is 5.91 Å². The maximum atomic E-state index is 13.2. The van der Waals surface area contributed by atoms with Gasteiger partial charge in [0.1, 0.15) is 17.4 Å². The van der Waals surface area contributed by atoms with Crippen LogP contribution in [-0.2, 0) is 14.3 Å². The predicted molar refractivity (Wildman–Crippen MR) is 100 cm³/mol. The molecule has 5 saturated heterocycles. The number of imide groups is 1. The lowest BCUT2D eigenvalue weighted by molar-refractivity contribution is -0.175. The molecule has 6 fully saturated rings. The highest BCUT2D eigenvalue weighted by atomic mass is 16.6. The molecule has 0 radical (unpaired) electrons. The molecule has 3 amide bonds. The molecule has 4 bridgehead atoms. The molecule has 1 saturated carbocycles. The van der Waals surface area contributed by atoms with E-state index in [2.05, 4.69) is 0 Å². The Morgan fingerprint density at radius 2 is 1.43 bits per heavy atom. The highest BCUT2D eigenvalue weighted by Crippen LogP contribution is 2.45. The van der Waals surface area contributed by atoms with E-state index >= 15 is 0 Å². The average Bonchev–Trinajstić information content (AvgIpc) is 2.47. The van der Waals surface area contributed by atoms with Crippen LogP contribution in [0.25, 0.3) is 0 Å². The lowest BCUT2D eigenvalue weighted by Gasteiger charge is -2.55. The Morgan fingerprint density at radius 3 is 2.00 bits per heavy atom. The zero-order chi connectivity index (χ0) is 21.0. The molecule has 5 atom stereocenters. The van der Waals surface area contributed by atoms with E-state index in [1.54, 1.807) is 41.5 Å². The molecular weight excluding hydrogens is 364 g/mol. The van der Waals surface area contributed by atoms with E-state index in [4.69, 9.17) is 9.47 Å². The van der Waals surface area contributed by atoms with Crippen molar-refractivity contribution < 1.29 is 29.0 Å². The van der Waals surface area contributed by atoms with Gasteiger partial charge in [-0.25, -0.2) is 14.5 Å². The molecule has 8 heteroatoms. The second-order valence-corrected chi connectivity index (χ2v) is 10.0. The van der Waals surface area contributed by atoms with Gasteiger partial charge in [0, 0.05) is 12.0 Å². The normalized spacial score (nSPS) is 32.8. The van der Waals surface area contributed by atoms with E-state index in [1.165, 1.54) is 9.80 Å². The van der Waals surface area contributed by atoms with Gasteiger partial charge in [0.05, 0.1) is 12.0 Å². The maximum Gasteiger partial charge on any atom is 0.417 e. The summed E-state index contributed by atoms with van der Waals surface area (Å²) in [6.45, 7) is 10.6. The number of amides is 3. The number of piperidine rings is 2. The Morgan fingerprint density at radius 1 is 0.893 bits per heavy atom. The van der Waals surface area contributed by atoms with Crippen LogP contribution < -0.4 is 0 Å². The van der Waals surface area contributed by atoms with E-state index in [-0.39, 0.29) is 5.91 Å². The van der Waals surface area contributed by atoms with Crippen LogP contribution in [0, 0.1) is 11.8 Å². The van der Waals surface area contributed by atoms with Crippen molar-refractivity contribution in [1.82, 2.24) is 9.80 Å². The fraction of sp³-hybridized carbons (Fsp3) is 0.850. The number of nitrogens with zero attached hydrogens (tertiary/aromatic N) is 2. The molecule has 1 aliphatic carbocycles. The first-order chi connectivity index (χ1) is 12.8. The second kappa shape index (κ2) is 6.90. The van der Waals surface area contributed by atoms with Crippen LogP contribution in [0.3, 0.4) is 0 Å². The molecule has 28 heavy (non-hydrogen) atoms. The van der Waals surface area contributed by atoms with Gasteiger partial charge in [-0.1, -0.05) is 0 Å². The molecule has 8 nitrogen and oxygen atoms in total. The summed E-state index contributed by atoms with van der Waals surface area (Å²) < 4.78 is 10.9. The lowest BCUT2D eigenvalue weighted by Crippen LogP contribution is -2.69. The quantitative estimate of drug-likeness (QED) is 0.676. The number of aliphatic hydroxyl groups excluding tert-OH is 1. The van der Waals surface area contributed by atoms with Crippen molar-refractivity contribution in [2.45, 2.75) is 96.7 Å². The van der Waals surface area contributed by atoms with E-state index in [9.17, 15) is 19.5 Å². The summed E-state index contributed by atoms with van der Waals surface area (Å²) in [4.78, 5) is 41.3. The van der Waals surface area contributed by atoms with Crippen LogP contribution in [0.1, 0.15) is 67.2 Å². The minimum absolute atomic E-state index is 0.319. The van der Waals surface area contributed by atoms with Gasteiger partial charge >= 0.3 is 12.2 Å². The van der Waals surface area contributed by atoms with Crippen LogP contribution in [-0.4, -0.2) is 62.5 Å². The Kier molecular flexibility index (Phi) is 5.15. The zero-order valence-corrected chi connectivity index (χ0v) is 17.6. The summed E-state index contributed by atoms with van der Waals surface area (Å²) in [5.41, 5.74) is -1.43. The minimum atomic E-state index is -1.10. The molecule has 6 rings (SSSR count). The Bertz CT molecular complexity index is 665. The highest BCUT2D eigenvalue weighted by molar-refractivity contribution is 5.95. The van der Waals surface area contributed by atoms with Gasteiger partial charge in [0.25, 0.3) is 0 Å². The third-order valence-electron chi connectivity index (χ3n) is 5.63. The third-order valence-corrected chi connectivity index (χ3v) is 5.63. The number of carbonyl (C=O) groups is 3. The van der Waals surface area contributed by atoms with E-state index in [1.807, 2.05) is 0 Å². The van der Waals surface area contributed by atoms with Crippen molar-refractivity contribution in [1.29, 1.82) is 0 Å². The topological polar surface area (TPSA) is 96.4 Å². The van der Waals surface area contributed by atoms with Gasteiger partial charge in [0.15, 0.2) is 0 Å². The lowest BCUT2D eigenvalue weighted by atomic mass is 9.70. The number of rotatable bonds is 0. The number of aliphatic hydroxyl groups is 1. The molecule has 158 valence electrons. The van der Waals surface area contributed by atoms with Crippen molar-refractivity contribution in [2.75, 3.05) is 0 Å². The predicted octanol–water partition coefficient (Wildman–Crippen LogP) is 2.88. The van der Waals surface area contributed by atoms with Crippen molar-refractivity contribution in [3.63, 3.8) is 0 Å². The number of carbonyl (C=O) groups excluding carboxylic acids is 3. The Balaban J connectivity index is 1.92. The molecule has 0 aromatic rings. The second-order valence-electron chi connectivity index (χ2n) is 10.0. The summed E-state index contributed by atoms with van der Waals surface area (Å²) in [6, 6.07) is -0.973. The van der Waals surface area contributed by atoms with Crippen molar-refractivity contribution in [3.05, 3.63) is 0 Å². The zero-order valence-electron chi connectivity index (χ0n) is 17.6. The van der Waals surface area contributed by atoms with Crippen molar-refractivity contribution in [3.8, 4) is 0 Å². The van der Waals surface area contributed by atoms with Crippen LogP contribution >= 0.6 is 0 Å². The molecule has 0 aromatic carbocycles. The molecule has 1 N–H and O–H groups in total. The summed E-state index contributed by atoms with van der Waals surface area (Å²) >= 11 is 0. The van der Waals surface area contributed by atoms with Crippen molar-refractivity contribution in [2.24, 2.45) is 11.8 Å². The fourth-order valence-corrected chi connectivity index (χ4v) is 4.64. The summed E-state index contributed by atoms with van der Waals surface area (Å²) in [5.74, 6) is -1.28. The smallest absolute Gasteiger partial charge is 0.417 e. The fourth-order valence-electron chi connectivity index (χ4n) is 4.64. The SMILES string of the molecule is CC(C)(C)OC(=O)N1C(=O)[C@@H]2CC[C@H]1[C@@H]1CC[C@H]2N(C(=O)OC(C)(C)C)[C@@H]1O. The molecule has 5 aliphatic heterocycles. The third kappa shape index (κ3) is 3.83. The maximum absolute atomic E-state index is 13.2. The molecule has 6 aliphatic rings. The van der Waals surface area contributed by atoms with E-state index < -0.39 is 53.5 Å². The first kappa shape index (κ1) is 20.9. The van der Waals surface area contributed by atoms with Gasteiger partial charge < -0.3 is 14.6 Å². The van der Waals surface area contributed by atoms with Crippen LogP contribution in [0.5, 0.6) is 0 Å². The molecule has 5 heterocycles. The molecule has 0 spiro atoms. The first-order valence-electron chi connectivity index (χ1n) is 10.1. The number of hydrogen-bond donors (Lipinski definition) is 1. The van der Waals surface area contributed by atoms with Gasteiger partial charge in [-0.2, -0.15) is 0 Å². The highest BCUT2D eigenvalue weighted by Gasteiger charge is 2.57. The van der Waals surface area contributed by atoms with Gasteiger partial charge in [-0.3, -0.25) is 9.69 Å². The largest absolute Gasteiger partial charge is 0.444 e. The molecular formula is C20H32N2O6. The number of ether oxygens (including phenoxy) is 2. The van der Waals surface area contributed by atoms with Crippen LogP contribution in [0.15, 0.2) is 0 Å². The van der Waals surface area contributed by atoms with Crippen LogP contribution in [0.4, 0.5) is 9.59 Å². The monoisotopic (exact) mass is 396 g/mol. The summed E-state index contributed by atoms with van der Waals surface area (Å²) in [5, 5.41) is 11.0. The van der Waals surface area contributed by atoms with Crippen molar-refractivity contribution >= 4 is 18.1 Å². The molecule has 0 unspecified atom stereocenters. The Labute approximate surface area is 166 Å². The standard InChI is InChI=1S/C20H32N2O6/c1-19(2,3)27-17(25)21-13-9-7-12(15(21)23)14-10-8-11(13)16(24)22(14)18(26)28-20(4,5)6/h11-15,23H,7-10H2,1-6H3/t11-,12+,13-,14+,15-/m1/s1. The van der Waals surface area contributed by atoms with Gasteiger partial charge in [-0.05, 0) is 67.2 Å². The summed E-state index contributed by atoms with van der Waals surface area (Å²) in [6.07, 6.45) is 0.0510. The first-order valence-corrected chi connectivity index (χ1v) is 10.1. The summed E-state index contributed by atoms with van der Waals surface area (Å²) in [7, 11) is 0. The van der Waals surface area contributed by atoms with Gasteiger partial charge in [-0.15, -0.1) is 0 Å². The number of hydrogen-bond acceptors (Lipinski definition) is 6. The van der Waals surface area contributed by atoms with E-state index in [0.29, 0.717) is 25.7 Å².